The molecule has 2 saturated carbocycles. The Morgan fingerprint density at radius 1 is 0.818 bits per heavy atom. The van der Waals surface area contributed by atoms with Crippen LogP contribution in [0.5, 0.6) is 0 Å². The van der Waals surface area contributed by atoms with Crippen molar-refractivity contribution in [2.45, 2.75) is 102 Å². The maximum atomic E-state index is 12.9. The topological polar surface area (TPSA) is 86.9 Å². The number of ether oxygens (including phenoxy) is 1. The molecule has 2 N–H and O–H groups in total. The summed E-state index contributed by atoms with van der Waals surface area (Å²) < 4.78 is 5.71. The van der Waals surface area contributed by atoms with Gasteiger partial charge in [-0.1, -0.05) is 49.2 Å². The Balaban J connectivity index is 1.07. The van der Waals surface area contributed by atoms with E-state index in [0.717, 1.165) is 48.2 Å². The summed E-state index contributed by atoms with van der Waals surface area (Å²) in [6.45, 7) is 6.44. The van der Waals surface area contributed by atoms with Crippen molar-refractivity contribution in [3.8, 4) is 33.6 Å². The Morgan fingerprint density at radius 3 is 2.27 bits per heavy atom. The summed E-state index contributed by atoms with van der Waals surface area (Å²) in [5.41, 5.74) is 9.74. The second kappa shape index (κ2) is 10.6. The minimum absolute atomic E-state index is 0.0790. The highest BCUT2D eigenvalue weighted by molar-refractivity contribution is 5.79. The number of imidazole rings is 2. The van der Waals surface area contributed by atoms with Crippen molar-refractivity contribution in [1.29, 1.82) is 0 Å². The van der Waals surface area contributed by atoms with Crippen molar-refractivity contribution in [3.63, 3.8) is 0 Å². The van der Waals surface area contributed by atoms with Crippen LogP contribution in [0.4, 0.5) is 4.79 Å². The number of hydrogen-bond donors (Lipinski definition) is 2. The van der Waals surface area contributed by atoms with Gasteiger partial charge < -0.3 is 14.7 Å². The first-order valence-corrected chi connectivity index (χ1v) is 16.7. The Morgan fingerprint density at radius 2 is 1.52 bits per heavy atom. The third-order valence-electron chi connectivity index (χ3n) is 10.5. The summed E-state index contributed by atoms with van der Waals surface area (Å²) in [6.07, 6.45) is 14.4. The van der Waals surface area contributed by atoms with Gasteiger partial charge in [0.05, 0.1) is 29.8 Å². The molecule has 3 aliphatic carbocycles. The molecular weight excluding hydrogens is 546 g/mol. The molecule has 8 rings (SSSR count). The number of nitrogens with one attached hydrogen (secondary N) is 2. The van der Waals surface area contributed by atoms with E-state index in [4.69, 9.17) is 14.7 Å². The van der Waals surface area contributed by atoms with E-state index in [2.05, 4.69) is 46.4 Å². The molecule has 7 nitrogen and oxygen atoms in total. The number of amides is 1. The summed E-state index contributed by atoms with van der Waals surface area (Å²) in [7, 11) is 0. The fourth-order valence-corrected chi connectivity index (χ4v) is 8.22. The van der Waals surface area contributed by atoms with E-state index in [9.17, 15) is 4.79 Å². The molecule has 3 atom stereocenters. The van der Waals surface area contributed by atoms with Gasteiger partial charge in [0, 0.05) is 18.0 Å². The Labute approximate surface area is 259 Å². The molecule has 2 aromatic heterocycles. The number of nitrogens with zero attached hydrogens (tertiary/aromatic N) is 3. The Bertz CT molecular complexity index is 1690. The Kier molecular flexibility index (Phi) is 6.69. The summed E-state index contributed by atoms with van der Waals surface area (Å²) >= 11 is 0. The standard InChI is InChI=1S/C37H43N5O2/c1-37(2,3)44-36(43)42-18-6-9-32(42)35-39-21-31(41-35)28-17-16-26(33-27-15-14-25(27)19-29(28)33)22-10-12-23(13-11-22)30-20-38-34(40-30)24-7-4-5-8-24/h10-13,16-17,20-21,24-25,27,32H,4-9,14-15,18-19H2,1-3H3,(H,38,40)(H,39,41)/t25?,27?,32-/m0/s1. The molecule has 3 fully saturated rings. The molecule has 44 heavy (non-hydrogen) atoms. The number of aromatic amines is 2. The molecule has 228 valence electrons. The van der Waals surface area contributed by atoms with E-state index in [1.807, 2.05) is 38.1 Å². The average molecular weight is 590 g/mol. The molecule has 0 bridgehead atoms. The summed E-state index contributed by atoms with van der Waals surface area (Å²) in [6, 6.07) is 13.6. The normalized spacial score (nSPS) is 23.1. The predicted molar refractivity (Wildman–Crippen MR) is 172 cm³/mol. The molecule has 1 saturated heterocycles. The van der Waals surface area contributed by atoms with Crippen LogP contribution in [0.2, 0.25) is 0 Å². The zero-order valence-corrected chi connectivity index (χ0v) is 26.2. The summed E-state index contributed by atoms with van der Waals surface area (Å²) in [5, 5.41) is 0. The van der Waals surface area contributed by atoms with Crippen LogP contribution in [0.1, 0.15) is 113 Å². The highest BCUT2D eigenvalue weighted by Crippen LogP contribution is 2.56. The van der Waals surface area contributed by atoms with Gasteiger partial charge in [-0.15, -0.1) is 0 Å². The van der Waals surface area contributed by atoms with E-state index >= 15 is 0 Å². The van der Waals surface area contributed by atoms with E-state index in [0.29, 0.717) is 18.4 Å². The van der Waals surface area contributed by atoms with E-state index in [1.165, 1.54) is 71.9 Å². The van der Waals surface area contributed by atoms with Crippen molar-refractivity contribution in [1.82, 2.24) is 24.8 Å². The first kappa shape index (κ1) is 27.7. The fourth-order valence-electron chi connectivity index (χ4n) is 8.22. The van der Waals surface area contributed by atoms with Crippen LogP contribution in [-0.4, -0.2) is 43.1 Å². The number of rotatable bonds is 5. The molecule has 4 aliphatic rings. The number of aromatic nitrogens is 4. The van der Waals surface area contributed by atoms with Gasteiger partial charge in [-0.05, 0) is 105 Å². The first-order chi connectivity index (χ1) is 21.3. The van der Waals surface area contributed by atoms with Crippen molar-refractivity contribution < 1.29 is 9.53 Å². The number of fused-ring (bicyclic) bond motifs is 3. The number of carbonyl (C=O) groups is 1. The third kappa shape index (κ3) is 4.85. The van der Waals surface area contributed by atoms with E-state index in [-0.39, 0.29) is 12.1 Å². The smallest absolute Gasteiger partial charge is 0.410 e. The molecule has 3 heterocycles. The van der Waals surface area contributed by atoms with Crippen LogP contribution in [-0.2, 0) is 11.2 Å². The van der Waals surface area contributed by atoms with Gasteiger partial charge in [-0.3, -0.25) is 4.90 Å². The average Bonchev–Trinajstić information content (AvgIpc) is 3.81. The lowest BCUT2D eigenvalue weighted by molar-refractivity contribution is 0.0218. The molecule has 0 spiro atoms. The fraction of sp³-hybridized carbons (Fsp3) is 0.486. The SMILES string of the molecule is CC(C)(C)OC(=O)N1CCC[C@H]1c1ncc(-c2ccc(-c3ccc(-c4cnc(C5CCCC5)[nH]4)cc3)c3c2CC2CCC32)[nH]1. The first-order valence-electron chi connectivity index (χ1n) is 16.7. The summed E-state index contributed by atoms with van der Waals surface area (Å²) in [4.78, 5) is 31.6. The van der Waals surface area contributed by atoms with Crippen LogP contribution < -0.4 is 0 Å². The minimum Gasteiger partial charge on any atom is -0.444 e. The maximum Gasteiger partial charge on any atom is 0.410 e. The molecule has 7 heteroatoms. The van der Waals surface area contributed by atoms with Crippen LogP contribution >= 0.6 is 0 Å². The van der Waals surface area contributed by atoms with E-state index in [1.54, 1.807) is 0 Å². The van der Waals surface area contributed by atoms with Gasteiger partial charge in [0.15, 0.2) is 0 Å². The number of hydrogen-bond acceptors (Lipinski definition) is 4. The molecule has 0 radical (unpaired) electrons. The van der Waals surface area contributed by atoms with Crippen LogP contribution in [0.15, 0.2) is 48.8 Å². The van der Waals surface area contributed by atoms with Crippen molar-refractivity contribution >= 4 is 6.09 Å². The largest absolute Gasteiger partial charge is 0.444 e. The van der Waals surface area contributed by atoms with E-state index < -0.39 is 5.60 Å². The van der Waals surface area contributed by atoms with Gasteiger partial charge >= 0.3 is 6.09 Å². The highest BCUT2D eigenvalue weighted by atomic mass is 16.6. The van der Waals surface area contributed by atoms with Gasteiger partial charge in [0.2, 0.25) is 0 Å². The quantitative estimate of drug-likeness (QED) is 0.243. The van der Waals surface area contributed by atoms with Crippen molar-refractivity contribution in [3.05, 3.63) is 71.6 Å². The highest BCUT2D eigenvalue weighted by Gasteiger charge is 2.42. The zero-order valence-electron chi connectivity index (χ0n) is 26.2. The van der Waals surface area contributed by atoms with Gasteiger partial charge in [-0.2, -0.15) is 0 Å². The molecule has 2 unspecified atom stereocenters. The second-order valence-corrected chi connectivity index (χ2v) is 14.5. The lowest BCUT2D eigenvalue weighted by Crippen LogP contribution is -2.36. The number of carbonyl (C=O) groups excluding carboxylic acids is 1. The molecule has 2 aromatic carbocycles. The maximum absolute atomic E-state index is 12.9. The molecule has 1 amide bonds. The molecule has 4 aromatic rings. The lowest BCUT2D eigenvalue weighted by Gasteiger charge is -2.31. The van der Waals surface area contributed by atoms with Gasteiger partial charge in [0.1, 0.15) is 17.2 Å². The van der Waals surface area contributed by atoms with Crippen LogP contribution in [0.3, 0.4) is 0 Å². The summed E-state index contributed by atoms with van der Waals surface area (Å²) in [5.74, 6) is 3.97. The second-order valence-electron chi connectivity index (χ2n) is 14.5. The number of benzene rings is 2. The number of H-pyrrole nitrogens is 2. The molecular formula is C37H43N5O2. The Hall–Kier alpha value is -3.87. The minimum atomic E-state index is -0.516. The predicted octanol–water partition coefficient (Wildman–Crippen LogP) is 8.91. The van der Waals surface area contributed by atoms with Gasteiger partial charge in [-0.25, -0.2) is 14.8 Å². The third-order valence-corrected chi connectivity index (χ3v) is 10.5. The van der Waals surface area contributed by atoms with Crippen molar-refractivity contribution in [2.75, 3.05) is 6.54 Å². The van der Waals surface area contributed by atoms with Crippen LogP contribution in [0.25, 0.3) is 33.6 Å². The van der Waals surface area contributed by atoms with Crippen LogP contribution in [0, 0.1) is 5.92 Å². The monoisotopic (exact) mass is 589 g/mol. The molecule has 1 aliphatic heterocycles. The lowest BCUT2D eigenvalue weighted by atomic mass is 9.73. The van der Waals surface area contributed by atoms with Gasteiger partial charge in [0.25, 0.3) is 0 Å². The zero-order chi connectivity index (χ0) is 30.0. The number of likely N-dealkylation sites (tertiary alicyclic amines) is 1. The van der Waals surface area contributed by atoms with Crippen molar-refractivity contribution in [2.24, 2.45) is 5.92 Å².